The van der Waals surface area contributed by atoms with Crippen molar-refractivity contribution < 1.29 is 9.84 Å². The molecule has 0 spiro atoms. The van der Waals surface area contributed by atoms with Gasteiger partial charge >= 0.3 is 0 Å². The molecule has 5 heteroatoms. The molecule has 4 nitrogen and oxygen atoms in total. The Morgan fingerprint density at radius 2 is 2.16 bits per heavy atom. The quantitative estimate of drug-likeness (QED) is 0.920. The van der Waals surface area contributed by atoms with Crippen LogP contribution in [-0.2, 0) is 13.2 Å². The standard InChI is InChI=1S/C14H17BrN2O2/c1-10-7-13(15)8-12(9-18)14(10)19-6-5-17-4-3-16-11(17)2/h3-4,7-8,18H,5-6,9H2,1-2H3. The van der Waals surface area contributed by atoms with E-state index < -0.39 is 0 Å². The third-order valence-electron chi connectivity index (χ3n) is 2.99. The molecular weight excluding hydrogens is 308 g/mol. The summed E-state index contributed by atoms with van der Waals surface area (Å²) in [5, 5.41) is 9.38. The summed E-state index contributed by atoms with van der Waals surface area (Å²) >= 11 is 3.42. The average Bonchev–Trinajstić information content (AvgIpc) is 2.77. The number of ether oxygens (including phenoxy) is 1. The summed E-state index contributed by atoms with van der Waals surface area (Å²) in [6.45, 7) is 5.20. The van der Waals surface area contributed by atoms with Gasteiger partial charge in [-0.25, -0.2) is 4.98 Å². The molecule has 2 aromatic rings. The monoisotopic (exact) mass is 324 g/mol. The van der Waals surface area contributed by atoms with Gasteiger partial charge in [-0.15, -0.1) is 0 Å². The van der Waals surface area contributed by atoms with E-state index in [0.717, 1.165) is 33.7 Å². The summed E-state index contributed by atoms with van der Waals surface area (Å²) in [4.78, 5) is 4.17. The SMILES string of the molecule is Cc1cc(Br)cc(CO)c1OCCn1ccnc1C. The first-order chi connectivity index (χ1) is 9.11. The molecule has 1 aromatic heterocycles. The van der Waals surface area contributed by atoms with E-state index in [9.17, 15) is 5.11 Å². The highest BCUT2D eigenvalue weighted by molar-refractivity contribution is 9.10. The summed E-state index contributed by atoms with van der Waals surface area (Å²) in [5.74, 6) is 1.74. The highest BCUT2D eigenvalue weighted by Crippen LogP contribution is 2.28. The van der Waals surface area contributed by atoms with E-state index in [1.54, 1.807) is 6.20 Å². The van der Waals surface area contributed by atoms with E-state index in [1.165, 1.54) is 0 Å². The van der Waals surface area contributed by atoms with E-state index >= 15 is 0 Å². The van der Waals surface area contributed by atoms with Crippen molar-refractivity contribution in [1.82, 2.24) is 9.55 Å². The maximum Gasteiger partial charge on any atom is 0.127 e. The maximum atomic E-state index is 9.38. The van der Waals surface area contributed by atoms with Crippen LogP contribution in [0.15, 0.2) is 29.0 Å². The number of hydrogen-bond acceptors (Lipinski definition) is 3. The molecule has 0 bridgehead atoms. The number of aliphatic hydroxyl groups excluding tert-OH is 1. The second-order valence-corrected chi connectivity index (χ2v) is 5.30. The van der Waals surface area contributed by atoms with Crippen molar-refractivity contribution in [1.29, 1.82) is 0 Å². The molecule has 1 N–H and O–H groups in total. The normalized spacial score (nSPS) is 10.7. The van der Waals surface area contributed by atoms with Gasteiger partial charge in [0.2, 0.25) is 0 Å². The van der Waals surface area contributed by atoms with E-state index in [1.807, 2.05) is 36.7 Å². The highest BCUT2D eigenvalue weighted by atomic mass is 79.9. The summed E-state index contributed by atoms with van der Waals surface area (Å²) in [7, 11) is 0. The maximum absolute atomic E-state index is 9.38. The van der Waals surface area contributed by atoms with Gasteiger partial charge in [0.15, 0.2) is 0 Å². The molecule has 1 heterocycles. The van der Waals surface area contributed by atoms with Crippen molar-refractivity contribution in [2.45, 2.75) is 27.0 Å². The Kier molecular flexibility index (Phi) is 4.61. The van der Waals surface area contributed by atoms with Gasteiger partial charge in [0, 0.05) is 22.4 Å². The fourth-order valence-electron chi connectivity index (χ4n) is 2.01. The van der Waals surface area contributed by atoms with E-state index in [0.29, 0.717) is 6.61 Å². The first kappa shape index (κ1) is 14.1. The second-order valence-electron chi connectivity index (χ2n) is 4.39. The van der Waals surface area contributed by atoms with E-state index in [4.69, 9.17) is 4.74 Å². The predicted molar refractivity (Wildman–Crippen MR) is 77.3 cm³/mol. The number of aromatic nitrogens is 2. The van der Waals surface area contributed by atoms with Crippen molar-refractivity contribution in [2.75, 3.05) is 6.61 Å². The lowest BCUT2D eigenvalue weighted by Gasteiger charge is -2.14. The number of benzene rings is 1. The van der Waals surface area contributed by atoms with Gasteiger partial charge < -0.3 is 14.4 Å². The molecule has 0 fully saturated rings. The van der Waals surface area contributed by atoms with Gasteiger partial charge in [0.25, 0.3) is 0 Å². The summed E-state index contributed by atoms with van der Waals surface area (Å²) in [6, 6.07) is 3.86. The molecule has 0 saturated carbocycles. The summed E-state index contributed by atoms with van der Waals surface area (Å²) in [6.07, 6.45) is 3.71. The smallest absolute Gasteiger partial charge is 0.127 e. The number of aryl methyl sites for hydroxylation is 2. The number of nitrogens with zero attached hydrogens (tertiary/aromatic N) is 2. The Balaban J connectivity index is 2.05. The molecule has 2 rings (SSSR count). The third kappa shape index (κ3) is 3.36. The fourth-order valence-corrected chi connectivity index (χ4v) is 2.63. The van der Waals surface area contributed by atoms with Gasteiger partial charge in [0.1, 0.15) is 18.2 Å². The zero-order valence-corrected chi connectivity index (χ0v) is 12.6. The van der Waals surface area contributed by atoms with Crippen LogP contribution in [0, 0.1) is 13.8 Å². The number of rotatable bonds is 5. The topological polar surface area (TPSA) is 47.3 Å². The Morgan fingerprint density at radius 3 is 2.79 bits per heavy atom. The Morgan fingerprint density at radius 1 is 1.37 bits per heavy atom. The number of imidazole rings is 1. The van der Waals surface area contributed by atoms with Crippen LogP contribution in [0.4, 0.5) is 0 Å². The fraction of sp³-hybridized carbons (Fsp3) is 0.357. The lowest BCUT2D eigenvalue weighted by molar-refractivity contribution is 0.256. The average molecular weight is 325 g/mol. The van der Waals surface area contributed by atoms with Crippen LogP contribution in [-0.4, -0.2) is 21.3 Å². The molecule has 0 amide bonds. The molecule has 0 aliphatic rings. The lowest BCUT2D eigenvalue weighted by Crippen LogP contribution is -2.10. The van der Waals surface area contributed by atoms with Gasteiger partial charge in [-0.3, -0.25) is 0 Å². The van der Waals surface area contributed by atoms with Gasteiger partial charge in [0.05, 0.1) is 13.2 Å². The Hall–Kier alpha value is -1.33. The lowest BCUT2D eigenvalue weighted by atomic mass is 10.1. The first-order valence-corrected chi connectivity index (χ1v) is 6.91. The zero-order valence-electron chi connectivity index (χ0n) is 11.1. The molecule has 102 valence electrons. The van der Waals surface area contributed by atoms with Crippen LogP contribution in [0.3, 0.4) is 0 Å². The molecule has 0 radical (unpaired) electrons. The van der Waals surface area contributed by atoms with Crippen molar-refractivity contribution >= 4 is 15.9 Å². The highest BCUT2D eigenvalue weighted by Gasteiger charge is 2.08. The van der Waals surface area contributed by atoms with Crippen LogP contribution < -0.4 is 4.74 Å². The molecule has 19 heavy (non-hydrogen) atoms. The molecule has 0 atom stereocenters. The van der Waals surface area contributed by atoms with E-state index in [2.05, 4.69) is 20.9 Å². The van der Waals surface area contributed by atoms with Crippen molar-refractivity contribution in [3.63, 3.8) is 0 Å². The van der Waals surface area contributed by atoms with Gasteiger partial charge in [-0.1, -0.05) is 15.9 Å². The first-order valence-electron chi connectivity index (χ1n) is 6.12. The summed E-state index contributed by atoms with van der Waals surface area (Å²) in [5.41, 5.74) is 1.81. The van der Waals surface area contributed by atoms with Gasteiger partial charge in [-0.05, 0) is 31.5 Å². The minimum atomic E-state index is -0.0281. The van der Waals surface area contributed by atoms with Crippen LogP contribution in [0.2, 0.25) is 0 Å². The molecule has 0 saturated heterocycles. The molecule has 0 unspecified atom stereocenters. The minimum absolute atomic E-state index is 0.0281. The molecular formula is C14H17BrN2O2. The van der Waals surface area contributed by atoms with Gasteiger partial charge in [-0.2, -0.15) is 0 Å². The van der Waals surface area contributed by atoms with Crippen LogP contribution in [0.5, 0.6) is 5.75 Å². The van der Waals surface area contributed by atoms with Crippen LogP contribution >= 0.6 is 15.9 Å². The largest absolute Gasteiger partial charge is 0.491 e. The third-order valence-corrected chi connectivity index (χ3v) is 3.45. The molecule has 0 aliphatic heterocycles. The van der Waals surface area contributed by atoms with Crippen LogP contribution in [0.1, 0.15) is 17.0 Å². The van der Waals surface area contributed by atoms with Crippen molar-refractivity contribution in [2.24, 2.45) is 0 Å². The van der Waals surface area contributed by atoms with Crippen LogP contribution in [0.25, 0.3) is 0 Å². The molecule has 1 aromatic carbocycles. The number of halogens is 1. The van der Waals surface area contributed by atoms with Crippen molar-refractivity contribution in [3.8, 4) is 5.75 Å². The minimum Gasteiger partial charge on any atom is -0.491 e. The Labute approximate surface area is 121 Å². The summed E-state index contributed by atoms with van der Waals surface area (Å²) < 4.78 is 8.80. The van der Waals surface area contributed by atoms with E-state index in [-0.39, 0.29) is 6.61 Å². The predicted octanol–water partition coefficient (Wildman–Crippen LogP) is 2.83. The van der Waals surface area contributed by atoms with Crippen molar-refractivity contribution in [3.05, 3.63) is 46.0 Å². The number of hydrogen-bond donors (Lipinski definition) is 1. The second kappa shape index (κ2) is 6.21. The number of aliphatic hydroxyl groups is 1. The Bertz CT molecular complexity index is 567. The zero-order chi connectivity index (χ0) is 13.8. The molecule has 0 aliphatic carbocycles.